The minimum Gasteiger partial charge on any atom is -0.461 e. The van der Waals surface area contributed by atoms with Crippen molar-refractivity contribution < 1.29 is 4.74 Å². The van der Waals surface area contributed by atoms with Crippen molar-refractivity contribution in [1.29, 1.82) is 0 Å². The van der Waals surface area contributed by atoms with Crippen molar-refractivity contribution in [2.45, 2.75) is 25.3 Å². The highest BCUT2D eigenvalue weighted by atomic mass is 16.5. The van der Waals surface area contributed by atoms with Gasteiger partial charge in [0.2, 0.25) is 0 Å². The van der Waals surface area contributed by atoms with Crippen molar-refractivity contribution in [2.75, 3.05) is 4.90 Å². The van der Waals surface area contributed by atoms with Crippen LogP contribution in [0.3, 0.4) is 0 Å². The number of nitrogens with zero attached hydrogens (tertiary/aromatic N) is 1. The first-order valence-corrected chi connectivity index (χ1v) is 5.82. The monoisotopic (exact) mass is 213 g/mol. The summed E-state index contributed by atoms with van der Waals surface area (Å²) in [5.41, 5.74) is 1.17. The smallest absolute Gasteiger partial charge is 0.150 e. The minimum absolute atomic E-state index is 0.482. The number of hydrogen-bond donors (Lipinski definition) is 0. The summed E-state index contributed by atoms with van der Waals surface area (Å²) in [6, 6.07) is 8.67. The van der Waals surface area contributed by atoms with Crippen molar-refractivity contribution in [1.82, 2.24) is 0 Å². The number of para-hydroxylation sites is 2. The number of allylic oxidation sites excluding steroid dienone is 1. The average Bonchev–Trinajstić information content (AvgIpc) is 2.39. The number of hydrogen-bond acceptors (Lipinski definition) is 2. The topological polar surface area (TPSA) is 12.5 Å². The van der Waals surface area contributed by atoms with Crippen molar-refractivity contribution in [2.24, 2.45) is 0 Å². The van der Waals surface area contributed by atoms with Gasteiger partial charge in [-0.1, -0.05) is 24.3 Å². The van der Waals surface area contributed by atoms with Crippen LogP contribution >= 0.6 is 0 Å². The van der Waals surface area contributed by atoms with Crippen LogP contribution in [0.25, 0.3) is 0 Å². The molecule has 16 heavy (non-hydrogen) atoms. The molecule has 0 saturated heterocycles. The summed E-state index contributed by atoms with van der Waals surface area (Å²) in [5, 5.41) is 0. The molecule has 1 heterocycles. The fourth-order valence-corrected chi connectivity index (χ4v) is 2.34. The number of benzene rings is 1. The SMILES string of the molecule is C1=C[C@H](N2C=COc3ccccc32)CCC1. The lowest BCUT2D eigenvalue weighted by atomic mass is 10.0. The molecule has 0 radical (unpaired) electrons. The van der Waals surface area contributed by atoms with Gasteiger partial charge in [0.05, 0.1) is 11.7 Å². The summed E-state index contributed by atoms with van der Waals surface area (Å²) >= 11 is 0. The summed E-state index contributed by atoms with van der Waals surface area (Å²) in [5.74, 6) is 0.948. The first-order chi connectivity index (χ1) is 7.95. The molecule has 1 aromatic carbocycles. The van der Waals surface area contributed by atoms with E-state index < -0.39 is 0 Å². The Balaban J connectivity index is 1.95. The van der Waals surface area contributed by atoms with Gasteiger partial charge in [-0.2, -0.15) is 0 Å². The third-order valence-electron chi connectivity index (χ3n) is 3.15. The Labute approximate surface area is 95.8 Å². The van der Waals surface area contributed by atoms with Crippen LogP contribution in [0.15, 0.2) is 48.9 Å². The summed E-state index contributed by atoms with van der Waals surface area (Å²) in [4.78, 5) is 2.30. The molecule has 1 atom stereocenters. The highest BCUT2D eigenvalue weighted by molar-refractivity contribution is 5.63. The Bertz CT molecular complexity index is 436. The molecule has 2 heteroatoms. The standard InChI is InChI=1S/C14H15NO/c1-2-6-12(7-3-1)15-10-11-16-14-9-5-4-8-13(14)15/h2,4-6,8-12H,1,3,7H2/t12-/m0/s1. The predicted octanol–water partition coefficient (Wildman–Crippen LogP) is 3.47. The lowest BCUT2D eigenvalue weighted by Gasteiger charge is -2.33. The van der Waals surface area contributed by atoms with Gasteiger partial charge in [0.25, 0.3) is 0 Å². The number of rotatable bonds is 1. The fraction of sp³-hybridized carbons (Fsp3) is 0.286. The van der Waals surface area contributed by atoms with Crippen LogP contribution in [-0.4, -0.2) is 6.04 Å². The lowest BCUT2D eigenvalue weighted by molar-refractivity contribution is 0.462. The molecule has 0 fully saturated rings. The molecule has 0 N–H and O–H groups in total. The van der Waals surface area contributed by atoms with Gasteiger partial charge in [-0.15, -0.1) is 0 Å². The lowest BCUT2D eigenvalue weighted by Crippen LogP contribution is -2.31. The first kappa shape index (κ1) is 9.52. The molecule has 0 spiro atoms. The average molecular weight is 213 g/mol. The van der Waals surface area contributed by atoms with Gasteiger partial charge in [0.15, 0.2) is 0 Å². The van der Waals surface area contributed by atoms with Crippen LogP contribution in [0.2, 0.25) is 0 Å². The van der Waals surface area contributed by atoms with Crippen molar-refractivity contribution in [3.05, 3.63) is 48.9 Å². The summed E-state index contributed by atoms with van der Waals surface area (Å²) < 4.78 is 5.50. The maximum Gasteiger partial charge on any atom is 0.150 e. The van der Waals surface area contributed by atoms with E-state index in [-0.39, 0.29) is 0 Å². The van der Waals surface area contributed by atoms with Crippen molar-refractivity contribution in [3.63, 3.8) is 0 Å². The Morgan fingerprint density at radius 1 is 1.25 bits per heavy atom. The van der Waals surface area contributed by atoms with Gasteiger partial charge in [-0.05, 0) is 31.4 Å². The second kappa shape index (κ2) is 4.05. The maximum absolute atomic E-state index is 5.50. The third kappa shape index (κ3) is 1.60. The Morgan fingerprint density at radius 2 is 2.19 bits per heavy atom. The predicted molar refractivity (Wildman–Crippen MR) is 65.5 cm³/mol. The molecule has 0 aromatic heterocycles. The number of ether oxygens (including phenoxy) is 1. The van der Waals surface area contributed by atoms with Gasteiger partial charge >= 0.3 is 0 Å². The van der Waals surface area contributed by atoms with E-state index in [9.17, 15) is 0 Å². The quantitative estimate of drug-likeness (QED) is 0.662. The van der Waals surface area contributed by atoms with E-state index in [0.717, 1.165) is 5.75 Å². The fourth-order valence-electron chi connectivity index (χ4n) is 2.34. The molecule has 1 aliphatic carbocycles. The summed E-state index contributed by atoms with van der Waals surface area (Å²) in [7, 11) is 0. The molecule has 0 amide bonds. The van der Waals surface area contributed by atoms with E-state index in [1.165, 1.54) is 24.9 Å². The largest absolute Gasteiger partial charge is 0.461 e. The number of anilines is 1. The van der Waals surface area contributed by atoms with Crippen LogP contribution in [-0.2, 0) is 0 Å². The zero-order valence-electron chi connectivity index (χ0n) is 9.17. The molecule has 3 rings (SSSR count). The van der Waals surface area contributed by atoms with E-state index in [2.05, 4.69) is 29.2 Å². The van der Waals surface area contributed by atoms with Crippen LogP contribution in [0.4, 0.5) is 5.69 Å². The van der Waals surface area contributed by atoms with Gasteiger partial charge < -0.3 is 9.64 Å². The number of fused-ring (bicyclic) bond motifs is 1. The zero-order chi connectivity index (χ0) is 10.8. The van der Waals surface area contributed by atoms with E-state index in [0.29, 0.717) is 6.04 Å². The summed E-state index contributed by atoms with van der Waals surface area (Å²) in [6.45, 7) is 0. The van der Waals surface area contributed by atoms with E-state index >= 15 is 0 Å². The molecule has 0 bridgehead atoms. The Hall–Kier alpha value is -1.70. The van der Waals surface area contributed by atoms with Crippen molar-refractivity contribution in [3.8, 4) is 5.75 Å². The Kier molecular flexibility index (Phi) is 2.41. The Morgan fingerprint density at radius 3 is 3.06 bits per heavy atom. The summed E-state index contributed by atoms with van der Waals surface area (Å²) in [6.07, 6.45) is 12.1. The first-order valence-electron chi connectivity index (χ1n) is 5.82. The second-order valence-electron chi connectivity index (χ2n) is 4.20. The normalized spacial score (nSPS) is 22.8. The molecule has 1 aromatic rings. The van der Waals surface area contributed by atoms with E-state index in [1.807, 2.05) is 18.3 Å². The third-order valence-corrected chi connectivity index (χ3v) is 3.15. The van der Waals surface area contributed by atoms with Gasteiger partial charge in [0, 0.05) is 6.20 Å². The van der Waals surface area contributed by atoms with Crippen LogP contribution in [0.1, 0.15) is 19.3 Å². The maximum atomic E-state index is 5.50. The molecular weight excluding hydrogens is 198 g/mol. The van der Waals surface area contributed by atoms with Gasteiger partial charge in [-0.3, -0.25) is 0 Å². The zero-order valence-corrected chi connectivity index (χ0v) is 9.17. The molecule has 2 aliphatic rings. The molecular formula is C14H15NO. The van der Waals surface area contributed by atoms with Crippen LogP contribution in [0, 0.1) is 0 Å². The van der Waals surface area contributed by atoms with E-state index in [1.54, 1.807) is 6.26 Å². The highest BCUT2D eigenvalue weighted by Gasteiger charge is 2.21. The van der Waals surface area contributed by atoms with Gasteiger partial charge in [0.1, 0.15) is 12.0 Å². The molecule has 82 valence electrons. The molecule has 2 nitrogen and oxygen atoms in total. The molecule has 1 aliphatic heterocycles. The van der Waals surface area contributed by atoms with Crippen LogP contribution in [0.5, 0.6) is 5.75 Å². The highest BCUT2D eigenvalue weighted by Crippen LogP contribution is 2.34. The van der Waals surface area contributed by atoms with Crippen molar-refractivity contribution >= 4 is 5.69 Å². The minimum atomic E-state index is 0.482. The van der Waals surface area contributed by atoms with Gasteiger partial charge in [-0.25, -0.2) is 0 Å². The molecule has 0 unspecified atom stereocenters. The second-order valence-corrected chi connectivity index (χ2v) is 4.20. The van der Waals surface area contributed by atoms with E-state index in [4.69, 9.17) is 4.74 Å². The molecule has 0 saturated carbocycles. The van der Waals surface area contributed by atoms with Crippen LogP contribution < -0.4 is 9.64 Å².